The van der Waals surface area contributed by atoms with Gasteiger partial charge in [-0.05, 0) is 36.6 Å². The minimum absolute atomic E-state index is 0.000722. The van der Waals surface area contributed by atoms with Gasteiger partial charge >= 0.3 is 0 Å². The number of methoxy groups -OCH3 is 1. The summed E-state index contributed by atoms with van der Waals surface area (Å²) in [4.78, 5) is 19.8. The van der Waals surface area contributed by atoms with Gasteiger partial charge in [-0.15, -0.1) is 0 Å². The maximum atomic E-state index is 13.5. The van der Waals surface area contributed by atoms with Crippen molar-refractivity contribution in [2.75, 3.05) is 12.0 Å². The van der Waals surface area contributed by atoms with E-state index in [2.05, 4.69) is 41.3 Å². The first-order valence-corrected chi connectivity index (χ1v) is 10.2. The SMILES string of the molecule is COc1ccc([C@@H]2C[C@H](c3ccc(C)cc3)n3ncnc3N2C(=O)C(C)(C)C)cc1. The van der Waals surface area contributed by atoms with Crippen LogP contribution in [0.5, 0.6) is 5.75 Å². The number of fused-ring (bicyclic) bond motifs is 1. The van der Waals surface area contributed by atoms with E-state index in [0.29, 0.717) is 12.4 Å². The molecule has 4 rings (SSSR count). The number of hydrogen-bond donors (Lipinski definition) is 0. The van der Waals surface area contributed by atoms with Crippen LogP contribution in [-0.2, 0) is 4.79 Å². The zero-order valence-electron chi connectivity index (χ0n) is 18.2. The van der Waals surface area contributed by atoms with Gasteiger partial charge in [0.25, 0.3) is 0 Å². The first-order valence-electron chi connectivity index (χ1n) is 10.2. The number of hydrogen-bond acceptors (Lipinski definition) is 4. The highest BCUT2D eigenvalue weighted by molar-refractivity contribution is 5.96. The number of benzene rings is 2. The second-order valence-corrected chi connectivity index (χ2v) is 8.88. The fourth-order valence-electron chi connectivity index (χ4n) is 3.96. The summed E-state index contributed by atoms with van der Waals surface area (Å²) in [6.45, 7) is 7.89. The lowest BCUT2D eigenvalue weighted by Gasteiger charge is -2.41. The molecule has 1 amide bonds. The fourth-order valence-corrected chi connectivity index (χ4v) is 3.96. The normalized spacial score (nSPS) is 18.8. The Morgan fingerprint density at radius 3 is 2.20 bits per heavy atom. The highest BCUT2D eigenvalue weighted by atomic mass is 16.5. The van der Waals surface area contributed by atoms with E-state index in [1.165, 1.54) is 11.9 Å². The van der Waals surface area contributed by atoms with Crippen LogP contribution in [0.25, 0.3) is 0 Å². The zero-order chi connectivity index (χ0) is 21.5. The number of carbonyl (C=O) groups excluding carboxylic acids is 1. The lowest BCUT2D eigenvalue weighted by Crippen LogP contribution is -2.47. The Labute approximate surface area is 177 Å². The van der Waals surface area contributed by atoms with Crippen LogP contribution in [0.15, 0.2) is 54.9 Å². The molecule has 0 saturated heterocycles. The van der Waals surface area contributed by atoms with Gasteiger partial charge in [-0.3, -0.25) is 9.69 Å². The monoisotopic (exact) mass is 404 g/mol. The zero-order valence-corrected chi connectivity index (χ0v) is 18.2. The highest BCUT2D eigenvalue weighted by Gasteiger charge is 2.42. The van der Waals surface area contributed by atoms with E-state index in [0.717, 1.165) is 16.9 Å². The molecule has 2 aromatic carbocycles. The van der Waals surface area contributed by atoms with Crippen molar-refractivity contribution in [1.82, 2.24) is 14.8 Å². The van der Waals surface area contributed by atoms with Gasteiger partial charge in [-0.25, -0.2) is 4.68 Å². The first kappa shape index (κ1) is 20.1. The summed E-state index contributed by atoms with van der Waals surface area (Å²) in [5, 5.41) is 4.50. The van der Waals surface area contributed by atoms with E-state index in [1.54, 1.807) is 7.11 Å². The van der Waals surface area contributed by atoms with Gasteiger partial charge in [0.15, 0.2) is 0 Å². The van der Waals surface area contributed by atoms with Gasteiger partial charge in [-0.1, -0.05) is 62.7 Å². The Kier molecular flexibility index (Phi) is 5.10. The molecule has 156 valence electrons. The molecule has 0 spiro atoms. The molecule has 1 aliphatic rings. The van der Waals surface area contributed by atoms with Crippen molar-refractivity contribution in [3.63, 3.8) is 0 Å². The van der Waals surface area contributed by atoms with Crippen LogP contribution < -0.4 is 9.64 Å². The number of rotatable bonds is 3. The predicted octanol–water partition coefficient (Wildman–Crippen LogP) is 4.71. The molecular formula is C24H28N4O2. The lowest BCUT2D eigenvalue weighted by molar-refractivity contribution is -0.126. The smallest absolute Gasteiger partial charge is 0.235 e. The van der Waals surface area contributed by atoms with Crippen molar-refractivity contribution in [2.24, 2.45) is 5.41 Å². The molecule has 0 aliphatic carbocycles. The molecule has 6 heteroatoms. The number of nitrogens with zero attached hydrogens (tertiary/aromatic N) is 4. The quantitative estimate of drug-likeness (QED) is 0.634. The van der Waals surface area contributed by atoms with Gasteiger partial charge in [0, 0.05) is 5.41 Å². The summed E-state index contributed by atoms with van der Waals surface area (Å²) < 4.78 is 7.21. The Morgan fingerprint density at radius 2 is 1.60 bits per heavy atom. The van der Waals surface area contributed by atoms with Crippen LogP contribution in [0.3, 0.4) is 0 Å². The minimum atomic E-state index is -0.543. The summed E-state index contributed by atoms with van der Waals surface area (Å²) in [5.41, 5.74) is 2.89. The van der Waals surface area contributed by atoms with Crippen LogP contribution in [0, 0.1) is 12.3 Å². The van der Waals surface area contributed by atoms with Crippen molar-refractivity contribution >= 4 is 11.9 Å². The van der Waals surface area contributed by atoms with Gasteiger partial charge in [-0.2, -0.15) is 10.1 Å². The van der Waals surface area contributed by atoms with Gasteiger partial charge < -0.3 is 4.74 Å². The molecule has 0 saturated carbocycles. The summed E-state index contributed by atoms with van der Waals surface area (Å²) in [7, 11) is 1.65. The molecule has 2 atom stereocenters. The van der Waals surface area contributed by atoms with Gasteiger partial charge in [0.05, 0.1) is 19.2 Å². The fraction of sp³-hybridized carbons (Fsp3) is 0.375. The van der Waals surface area contributed by atoms with Crippen molar-refractivity contribution in [2.45, 2.75) is 46.2 Å². The maximum absolute atomic E-state index is 13.5. The van der Waals surface area contributed by atoms with E-state index in [-0.39, 0.29) is 18.0 Å². The van der Waals surface area contributed by atoms with E-state index >= 15 is 0 Å². The summed E-state index contributed by atoms with van der Waals surface area (Å²) in [6.07, 6.45) is 2.25. The standard InChI is InChI=1S/C24H28N4O2/c1-16-6-8-18(9-7-16)21-14-20(17-10-12-19(30-5)13-11-17)27(22(29)24(2,3)4)23-25-15-26-28(21)23/h6-13,15,20-21H,14H2,1-5H3/t20-,21+/m0/s1. The Bertz CT molecular complexity index is 1030. The van der Waals surface area contributed by atoms with Crippen molar-refractivity contribution < 1.29 is 9.53 Å². The van der Waals surface area contributed by atoms with Crippen LogP contribution in [0.4, 0.5) is 5.95 Å². The molecule has 0 unspecified atom stereocenters. The molecule has 30 heavy (non-hydrogen) atoms. The number of ether oxygens (including phenoxy) is 1. The molecule has 0 fully saturated rings. The number of amides is 1. The molecule has 1 aromatic heterocycles. The number of aryl methyl sites for hydroxylation is 1. The molecule has 3 aromatic rings. The average molecular weight is 405 g/mol. The third-order valence-electron chi connectivity index (χ3n) is 5.65. The van der Waals surface area contributed by atoms with Gasteiger partial charge in [0.2, 0.25) is 11.9 Å². The minimum Gasteiger partial charge on any atom is -0.497 e. The number of carbonyl (C=O) groups is 1. The second-order valence-electron chi connectivity index (χ2n) is 8.88. The largest absolute Gasteiger partial charge is 0.497 e. The molecular weight excluding hydrogens is 376 g/mol. The van der Waals surface area contributed by atoms with Crippen LogP contribution in [0.1, 0.15) is 56.0 Å². The Hall–Kier alpha value is -3.15. The molecule has 0 N–H and O–H groups in total. The summed E-state index contributed by atoms with van der Waals surface area (Å²) in [6, 6.07) is 16.3. The average Bonchev–Trinajstić information content (AvgIpc) is 3.22. The Morgan fingerprint density at radius 1 is 1.00 bits per heavy atom. The predicted molar refractivity (Wildman–Crippen MR) is 117 cm³/mol. The van der Waals surface area contributed by atoms with Crippen LogP contribution in [-0.4, -0.2) is 27.8 Å². The molecule has 1 aliphatic heterocycles. The second kappa shape index (κ2) is 7.59. The van der Waals surface area contributed by atoms with Crippen molar-refractivity contribution in [3.05, 3.63) is 71.5 Å². The third kappa shape index (κ3) is 3.58. The first-order chi connectivity index (χ1) is 14.3. The lowest BCUT2D eigenvalue weighted by atomic mass is 9.88. The van der Waals surface area contributed by atoms with Gasteiger partial charge in [0.1, 0.15) is 12.1 Å². The molecule has 6 nitrogen and oxygen atoms in total. The summed E-state index contributed by atoms with van der Waals surface area (Å²) in [5.74, 6) is 1.41. The number of aromatic nitrogens is 3. The van der Waals surface area contributed by atoms with E-state index in [9.17, 15) is 4.79 Å². The van der Waals surface area contributed by atoms with E-state index < -0.39 is 5.41 Å². The highest BCUT2D eigenvalue weighted by Crippen LogP contribution is 2.43. The maximum Gasteiger partial charge on any atom is 0.235 e. The van der Waals surface area contributed by atoms with E-state index in [1.807, 2.05) is 54.6 Å². The van der Waals surface area contributed by atoms with E-state index in [4.69, 9.17) is 4.74 Å². The summed E-state index contributed by atoms with van der Waals surface area (Å²) >= 11 is 0. The topological polar surface area (TPSA) is 60.2 Å². The van der Waals surface area contributed by atoms with Crippen LogP contribution in [0.2, 0.25) is 0 Å². The molecule has 0 bridgehead atoms. The Balaban J connectivity index is 1.84. The van der Waals surface area contributed by atoms with Crippen molar-refractivity contribution in [3.8, 4) is 5.75 Å². The molecule has 0 radical (unpaired) electrons. The number of anilines is 1. The van der Waals surface area contributed by atoms with Crippen LogP contribution >= 0.6 is 0 Å². The van der Waals surface area contributed by atoms with Crippen molar-refractivity contribution in [1.29, 1.82) is 0 Å². The molecule has 2 heterocycles. The third-order valence-corrected chi connectivity index (χ3v) is 5.65.